The molecule has 0 amide bonds. The first-order valence-corrected chi connectivity index (χ1v) is 13.1. The molecule has 2 aromatic carbocycles. The molecule has 5 rings (SSSR count). The van der Waals surface area contributed by atoms with E-state index in [0.29, 0.717) is 34.7 Å². The van der Waals surface area contributed by atoms with E-state index in [1.54, 1.807) is 25.4 Å². The molecule has 39 heavy (non-hydrogen) atoms. The average molecular weight is 563 g/mol. The summed E-state index contributed by atoms with van der Waals surface area (Å²) in [7, 11) is 2.99. The highest BCUT2D eigenvalue weighted by atomic mass is 35.5. The van der Waals surface area contributed by atoms with Crippen LogP contribution in [0.25, 0.3) is 5.69 Å². The van der Waals surface area contributed by atoms with E-state index in [9.17, 15) is 4.79 Å². The van der Waals surface area contributed by atoms with E-state index in [1.807, 2.05) is 76.3 Å². The van der Waals surface area contributed by atoms with Crippen LogP contribution in [-0.4, -0.2) is 48.1 Å². The molecule has 1 saturated heterocycles. The van der Waals surface area contributed by atoms with Crippen LogP contribution in [0, 0.1) is 0 Å². The summed E-state index contributed by atoms with van der Waals surface area (Å²) in [4.78, 5) is 18.9. The smallest absolute Gasteiger partial charge is 0.337 e. The number of hydrogen-bond donors (Lipinski definition) is 1. The van der Waals surface area contributed by atoms with E-state index in [-0.39, 0.29) is 12.1 Å². The molecule has 0 bridgehead atoms. The highest BCUT2D eigenvalue weighted by molar-refractivity contribution is 7.80. The molecule has 0 spiro atoms. The van der Waals surface area contributed by atoms with Crippen LogP contribution in [0.1, 0.15) is 33.8 Å². The van der Waals surface area contributed by atoms with Crippen molar-refractivity contribution in [3.63, 3.8) is 0 Å². The second-order valence-electron chi connectivity index (χ2n) is 8.80. The molecule has 0 unspecified atom stereocenters. The molecule has 2 atom stereocenters. The van der Waals surface area contributed by atoms with Gasteiger partial charge in [-0.1, -0.05) is 23.7 Å². The van der Waals surface area contributed by atoms with Crippen LogP contribution in [0.4, 0.5) is 5.69 Å². The monoisotopic (exact) mass is 562 g/mol. The topological polar surface area (TPSA) is 77.9 Å². The van der Waals surface area contributed by atoms with Gasteiger partial charge in [0.1, 0.15) is 18.4 Å². The van der Waals surface area contributed by atoms with Crippen molar-refractivity contribution in [3.05, 3.63) is 107 Å². The summed E-state index contributed by atoms with van der Waals surface area (Å²) in [5, 5.41) is 4.47. The van der Waals surface area contributed by atoms with Crippen molar-refractivity contribution in [1.29, 1.82) is 0 Å². The van der Waals surface area contributed by atoms with Gasteiger partial charge in [-0.15, -0.1) is 0 Å². The lowest BCUT2D eigenvalue weighted by atomic mass is 10.0. The predicted molar refractivity (Wildman–Crippen MR) is 154 cm³/mol. The summed E-state index contributed by atoms with van der Waals surface area (Å²) in [5.74, 6) is 0.168. The molecule has 0 aliphatic carbocycles. The summed E-state index contributed by atoms with van der Waals surface area (Å²) in [6.45, 7) is 0.849. The third-order valence-corrected chi connectivity index (χ3v) is 7.08. The number of esters is 1. The van der Waals surface area contributed by atoms with Crippen LogP contribution in [-0.2, 0) is 9.47 Å². The number of nitrogens with zero attached hydrogens (tertiary/aromatic N) is 3. The van der Waals surface area contributed by atoms with Crippen molar-refractivity contribution in [2.75, 3.05) is 32.3 Å². The van der Waals surface area contributed by atoms with Crippen LogP contribution in [0.2, 0.25) is 5.02 Å². The molecule has 1 aliphatic rings. The number of halogens is 1. The second kappa shape index (κ2) is 11.9. The number of benzene rings is 2. The minimum Gasteiger partial charge on any atom is -0.490 e. The van der Waals surface area contributed by atoms with Gasteiger partial charge in [-0.3, -0.25) is 4.98 Å². The molecular formula is C29H27ClN4O4S. The summed E-state index contributed by atoms with van der Waals surface area (Å²) < 4.78 is 17.8. The average Bonchev–Trinajstić information content (AvgIpc) is 3.58. The number of hydrogen-bond acceptors (Lipinski definition) is 6. The van der Waals surface area contributed by atoms with Gasteiger partial charge in [0.2, 0.25) is 0 Å². The number of nitrogens with one attached hydrogen (secondary N) is 1. The van der Waals surface area contributed by atoms with Crippen molar-refractivity contribution < 1.29 is 19.0 Å². The highest BCUT2D eigenvalue weighted by Gasteiger charge is 2.42. The maximum absolute atomic E-state index is 12.2. The van der Waals surface area contributed by atoms with Crippen LogP contribution in [0.5, 0.6) is 5.75 Å². The molecule has 1 fully saturated rings. The fourth-order valence-electron chi connectivity index (χ4n) is 4.70. The fraction of sp³-hybridized carbons (Fsp3) is 0.207. The number of carbonyl (C=O) groups excluding carboxylic acids is 1. The lowest BCUT2D eigenvalue weighted by molar-refractivity contribution is 0.0600. The normalized spacial score (nSPS) is 16.7. The Labute approximate surface area is 237 Å². The van der Waals surface area contributed by atoms with Crippen molar-refractivity contribution in [1.82, 2.24) is 14.9 Å². The van der Waals surface area contributed by atoms with Gasteiger partial charge in [0.05, 0.1) is 36.0 Å². The molecule has 1 aliphatic heterocycles. The number of pyridine rings is 1. The molecule has 10 heteroatoms. The highest BCUT2D eigenvalue weighted by Crippen LogP contribution is 2.43. The Morgan fingerprint density at radius 1 is 1.03 bits per heavy atom. The summed E-state index contributed by atoms with van der Waals surface area (Å²) >= 11 is 12.5. The number of ether oxygens (including phenoxy) is 3. The Balaban J connectivity index is 1.59. The molecular weight excluding hydrogens is 536 g/mol. The SMILES string of the molecule is COCCOc1ccc(N2C(=S)N[C@H](c3ccccn3)[C@H]2c2cccn2-c2cccc(C(=O)OC)c2)cc1Cl. The summed E-state index contributed by atoms with van der Waals surface area (Å²) in [6.07, 6.45) is 3.72. The molecule has 4 aromatic rings. The summed E-state index contributed by atoms with van der Waals surface area (Å²) in [5.41, 5.74) is 3.86. The van der Waals surface area contributed by atoms with Crippen LogP contribution < -0.4 is 15.0 Å². The standard InChI is InChI=1S/C29H27ClN4O4S/c1-36-15-16-38-25-12-11-21(18-22(25)30)34-27(26(32-29(34)39)23-9-3-4-13-31-23)24-10-6-14-33(24)20-8-5-7-19(17-20)28(35)37-2/h3-14,17-18,26-27H,15-16H2,1-2H3,(H,32,39)/t26-,27-/m1/s1. The van der Waals surface area contributed by atoms with E-state index in [0.717, 1.165) is 22.8 Å². The molecule has 1 N–H and O–H groups in total. The lowest BCUT2D eigenvalue weighted by Crippen LogP contribution is -2.30. The minimum atomic E-state index is -0.398. The van der Waals surface area contributed by atoms with Gasteiger partial charge >= 0.3 is 5.97 Å². The second-order valence-corrected chi connectivity index (χ2v) is 9.59. The molecule has 0 saturated carbocycles. The number of rotatable bonds is 9. The number of carbonyl (C=O) groups is 1. The van der Waals surface area contributed by atoms with E-state index >= 15 is 0 Å². The third kappa shape index (κ3) is 5.47. The zero-order valence-electron chi connectivity index (χ0n) is 21.4. The molecule has 0 radical (unpaired) electrons. The van der Waals surface area contributed by atoms with Gasteiger partial charge in [-0.25, -0.2) is 4.79 Å². The van der Waals surface area contributed by atoms with Crippen LogP contribution >= 0.6 is 23.8 Å². The minimum absolute atomic E-state index is 0.257. The Morgan fingerprint density at radius 2 is 1.90 bits per heavy atom. The van der Waals surface area contributed by atoms with Gasteiger partial charge in [0, 0.05) is 36.6 Å². The largest absolute Gasteiger partial charge is 0.490 e. The van der Waals surface area contributed by atoms with E-state index in [2.05, 4.69) is 10.3 Å². The van der Waals surface area contributed by atoms with Crippen molar-refractivity contribution in [3.8, 4) is 11.4 Å². The maximum Gasteiger partial charge on any atom is 0.337 e. The first kappa shape index (κ1) is 26.7. The van der Waals surface area contributed by atoms with Crippen molar-refractivity contribution in [2.45, 2.75) is 12.1 Å². The first-order chi connectivity index (χ1) is 19.0. The quantitative estimate of drug-likeness (QED) is 0.162. The number of aromatic nitrogens is 2. The Morgan fingerprint density at radius 3 is 2.64 bits per heavy atom. The van der Waals surface area contributed by atoms with Crippen molar-refractivity contribution in [2.24, 2.45) is 0 Å². The molecule has 200 valence electrons. The zero-order valence-corrected chi connectivity index (χ0v) is 23.0. The van der Waals surface area contributed by atoms with Gasteiger partial charge in [-0.2, -0.15) is 0 Å². The Hall–Kier alpha value is -3.92. The molecule has 3 heterocycles. The lowest BCUT2D eigenvalue weighted by Gasteiger charge is -2.29. The van der Waals surface area contributed by atoms with Gasteiger partial charge < -0.3 is 29.0 Å². The van der Waals surface area contributed by atoms with E-state index < -0.39 is 5.97 Å². The van der Waals surface area contributed by atoms with Crippen LogP contribution in [0.3, 0.4) is 0 Å². The first-order valence-electron chi connectivity index (χ1n) is 12.3. The van der Waals surface area contributed by atoms with E-state index in [4.69, 9.17) is 38.0 Å². The number of thiocarbonyl (C=S) groups is 1. The Kier molecular flexibility index (Phi) is 8.11. The third-order valence-electron chi connectivity index (χ3n) is 6.47. The predicted octanol–water partition coefficient (Wildman–Crippen LogP) is 5.51. The fourth-order valence-corrected chi connectivity index (χ4v) is 5.27. The zero-order chi connectivity index (χ0) is 27.4. The maximum atomic E-state index is 12.2. The van der Waals surface area contributed by atoms with Crippen molar-refractivity contribution >= 4 is 40.6 Å². The van der Waals surface area contributed by atoms with Crippen LogP contribution in [0.15, 0.2) is 85.2 Å². The number of anilines is 1. The van der Waals surface area contributed by atoms with Gasteiger partial charge in [-0.05, 0) is 72.9 Å². The Bertz CT molecular complexity index is 1480. The van der Waals surface area contributed by atoms with Gasteiger partial charge in [0.25, 0.3) is 0 Å². The molecule has 2 aromatic heterocycles. The van der Waals surface area contributed by atoms with Gasteiger partial charge in [0.15, 0.2) is 5.11 Å². The molecule has 8 nitrogen and oxygen atoms in total. The number of methoxy groups -OCH3 is 2. The summed E-state index contributed by atoms with van der Waals surface area (Å²) in [6, 6.07) is 22.2. The van der Waals surface area contributed by atoms with E-state index in [1.165, 1.54) is 7.11 Å².